The van der Waals surface area contributed by atoms with Gasteiger partial charge < -0.3 is 10.6 Å². The average Bonchev–Trinajstić information content (AvgIpc) is 3.27. The van der Waals surface area contributed by atoms with E-state index < -0.39 is 0 Å². The van der Waals surface area contributed by atoms with Gasteiger partial charge in [0.15, 0.2) is 0 Å². The minimum Gasteiger partial charge on any atom is -0.325 e. The maximum Gasteiger partial charge on any atom is 0.258 e. The summed E-state index contributed by atoms with van der Waals surface area (Å²) in [5.41, 5.74) is 0.951. The normalized spacial score (nSPS) is 23.7. The second kappa shape index (κ2) is 7.08. The number of pyridine rings is 1. The summed E-state index contributed by atoms with van der Waals surface area (Å²) in [7, 11) is 0. The fourth-order valence-electron chi connectivity index (χ4n) is 4.21. The highest BCUT2D eigenvalue weighted by Gasteiger charge is 2.43. The van der Waals surface area contributed by atoms with E-state index in [0.717, 1.165) is 12.8 Å². The zero-order chi connectivity index (χ0) is 18.1. The fourth-order valence-corrected chi connectivity index (χ4v) is 4.33. The lowest BCUT2D eigenvalue weighted by molar-refractivity contribution is -0.121. The van der Waals surface area contributed by atoms with Crippen molar-refractivity contribution in [2.45, 2.75) is 25.7 Å². The molecule has 134 valence electrons. The summed E-state index contributed by atoms with van der Waals surface area (Å²) in [5, 5.41) is 6.21. The summed E-state index contributed by atoms with van der Waals surface area (Å²) in [5.74, 6) is 1.40. The van der Waals surface area contributed by atoms with Gasteiger partial charge in [-0.25, -0.2) is 4.98 Å². The fraction of sp³-hybridized carbons (Fsp3) is 0.350. The Morgan fingerprint density at radius 2 is 1.88 bits per heavy atom. The number of benzene rings is 1. The lowest BCUT2D eigenvalue weighted by atomic mass is 9.88. The van der Waals surface area contributed by atoms with Crippen molar-refractivity contribution in [3.63, 3.8) is 0 Å². The zero-order valence-electron chi connectivity index (χ0n) is 14.2. The molecule has 1 heterocycles. The van der Waals surface area contributed by atoms with E-state index in [1.165, 1.54) is 19.0 Å². The van der Waals surface area contributed by atoms with Crippen LogP contribution < -0.4 is 10.6 Å². The Labute approximate surface area is 157 Å². The first-order chi connectivity index (χ1) is 12.6. The molecule has 2 aliphatic carbocycles. The van der Waals surface area contributed by atoms with E-state index in [1.54, 1.807) is 30.3 Å². The van der Waals surface area contributed by atoms with Crippen molar-refractivity contribution in [1.29, 1.82) is 0 Å². The van der Waals surface area contributed by atoms with Crippen LogP contribution in [0.2, 0.25) is 5.02 Å². The summed E-state index contributed by atoms with van der Waals surface area (Å²) in [6.45, 7) is 0. The Bertz CT molecular complexity index is 837. The number of hydrogen-bond acceptors (Lipinski definition) is 3. The standard InChI is InChI=1S/C20H20ClN3O2/c21-14-7-8-18(22-11-14)24-19(25)15-3-1-2-4-17(15)23-20(26)16-10-12-5-6-13(16)9-12/h1-4,7-8,11-13,16H,5-6,9-10H2,(H,23,26)(H,22,24,25)/t12-,13-,16-/m0/s1. The van der Waals surface area contributed by atoms with E-state index in [4.69, 9.17) is 11.6 Å². The molecule has 0 radical (unpaired) electrons. The number of carbonyl (C=O) groups is 2. The van der Waals surface area contributed by atoms with E-state index in [2.05, 4.69) is 15.6 Å². The van der Waals surface area contributed by atoms with Gasteiger partial charge in [-0.3, -0.25) is 9.59 Å². The summed E-state index contributed by atoms with van der Waals surface area (Å²) >= 11 is 5.81. The van der Waals surface area contributed by atoms with Gasteiger partial charge in [0, 0.05) is 12.1 Å². The van der Waals surface area contributed by atoms with Crippen molar-refractivity contribution in [1.82, 2.24) is 4.98 Å². The second-order valence-electron chi connectivity index (χ2n) is 7.13. The molecule has 1 aromatic heterocycles. The number of aromatic nitrogens is 1. The van der Waals surface area contributed by atoms with Crippen molar-refractivity contribution in [3.05, 3.63) is 53.2 Å². The lowest BCUT2D eigenvalue weighted by Crippen LogP contribution is -2.28. The maximum absolute atomic E-state index is 12.7. The molecule has 1 aromatic carbocycles. The van der Waals surface area contributed by atoms with Crippen LogP contribution in [0.3, 0.4) is 0 Å². The van der Waals surface area contributed by atoms with Crippen LogP contribution in [0.5, 0.6) is 0 Å². The first-order valence-electron chi connectivity index (χ1n) is 8.93. The molecule has 6 heteroatoms. The SMILES string of the molecule is O=C(Nc1ccc(Cl)cn1)c1ccccc1NC(=O)[C@H]1C[C@H]2CC[C@H]1C2. The summed E-state index contributed by atoms with van der Waals surface area (Å²) in [6, 6.07) is 10.3. The highest BCUT2D eigenvalue weighted by Crippen LogP contribution is 2.48. The highest BCUT2D eigenvalue weighted by molar-refractivity contribution is 6.30. The largest absolute Gasteiger partial charge is 0.325 e. The average molecular weight is 370 g/mol. The smallest absolute Gasteiger partial charge is 0.258 e. The molecule has 0 aliphatic heterocycles. The molecule has 0 spiro atoms. The van der Waals surface area contributed by atoms with Gasteiger partial charge in [-0.15, -0.1) is 0 Å². The Kier molecular flexibility index (Phi) is 4.64. The maximum atomic E-state index is 12.7. The molecule has 3 atom stereocenters. The Morgan fingerprint density at radius 1 is 1.04 bits per heavy atom. The third-order valence-corrected chi connectivity index (χ3v) is 5.70. The first kappa shape index (κ1) is 17.0. The predicted octanol–water partition coefficient (Wildman–Crippen LogP) is 4.36. The van der Waals surface area contributed by atoms with Gasteiger partial charge in [0.2, 0.25) is 5.91 Å². The number of nitrogens with one attached hydrogen (secondary N) is 2. The van der Waals surface area contributed by atoms with Crippen molar-refractivity contribution in [2.75, 3.05) is 10.6 Å². The van der Waals surface area contributed by atoms with Crippen LogP contribution in [-0.4, -0.2) is 16.8 Å². The van der Waals surface area contributed by atoms with Crippen molar-refractivity contribution in [2.24, 2.45) is 17.8 Å². The number of fused-ring (bicyclic) bond motifs is 2. The van der Waals surface area contributed by atoms with Crippen LogP contribution in [0.15, 0.2) is 42.6 Å². The molecule has 2 amide bonds. The molecule has 26 heavy (non-hydrogen) atoms. The van der Waals surface area contributed by atoms with Crippen LogP contribution in [-0.2, 0) is 4.79 Å². The van der Waals surface area contributed by atoms with Gasteiger partial charge in [-0.05, 0) is 55.4 Å². The molecule has 0 saturated heterocycles. The number of amides is 2. The Morgan fingerprint density at radius 3 is 2.58 bits per heavy atom. The van der Waals surface area contributed by atoms with E-state index in [1.807, 2.05) is 6.07 Å². The van der Waals surface area contributed by atoms with E-state index >= 15 is 0 Å². The van der Waals surface area contributed by atoms with Crippen LogP contribution >= 0.6 is 11.6 Å². The number of para-hydroxylation sites is 1. The number of hydrogen-bond donors (Lipinski definition) is 2. The van der Waals surface area contributed by atoms with Gasteiger partial charge >= 0.3 is 0 Å². The van der Waals surface area contributed by atoms with E-state index in [-0.39, 0.29) is 17.7 Å². The Hall–Kier alpha value is -2.40. The zero-order valence-corrected chi connectivity index (χ0v) is 15.0. The van der Waals surface area contributed by atoms with Gasteiger partial charge in [0.1, 0.15) is 5.82 Å². The van der Waals surface area contributed by atoms with E-state index in [9.17, 15) is 9.59 Å². The third kappa shape index (κ3) is 3.44. The van der Waals surface area contributed by atoms with Gasteiger partial charge in [-0.2, -0.15) is 0 Å². The molecular weight excluding hydrogens is 350 g/mol. The highest BCUT2D eigenvalue weighted by atomic mass is 35.5. The van der Waals surface area contributed by atoms with E-state index in [0.29, 0.717) is 33.9 Å². The third-order valence-electron chi connectivity index (χ3n) is 5.47. The van der Waals surface area contributed by atoms with Crippen molar-refractivity contribution >= 4 is 34.9 Å². The minimum atomic E-state index is -0.316. The number of nitrogens with zero attached hydrogens (tertiary/aromatic N) is 1. The van der Waals surface area contributed by atoms with Crippen molar-refractivity contribution in [3.8, 4) is 0 Å². The molecule has 2 saturated carbocycles. The molecule has 2 bridgehead atoms. The van der Waals surface area contributed by atoms with Crippen LogP contribution in [0.1, 0.15) is 36.0 Å². The summed E-state index contributed by atoms with van der Waals surface area (Å²) in [6.07, 6.45) is 6.01. The molecular formula is C20H20ClN3O2. The predicted molar refractivity (Wildman–Crippen MR) is 101 cm³/mol. The molecule has 0 unspecified atom stereocenters. The monoisotopic (exact) mass is 369 g/mol. The molecule has 2 aromatic rings. The van der Waals surface area contributed by atoms with Crippen molar-refractivity contribution < 1.29 is 9.59 Å². The van der Waals surface area contributed by atoms with Crippen LogP contribution in [0, 0.1) is 17.8 Å². The number of rotatable bonds is 4. The number of carbonyl (C=O) groups excluding carboxylic acids is 2. The van der Waals surface area contributed by atoms with Gasteiger partial charge in [0.05, 0.1) is 16.3 Å². The number of anilines is 2. The summed E-state index contributed by atoms with van der Waals surface area (Å²) < 4.78 is 0. The molecule has 2 N–H and O–H groups in total. The van der Waals surface area contributed by atoms with Gasteiger partial charge in [-0.1, -0.05) is 30.2 Å². The molecule has 4 rings (SSSR count). The lowest BCUT2D eigenvalue weighted by Gasteiger charge is -2.21. The molecule has 2 aliphatic rings. The number of halogens is 1. The van der Waals surface area contributed by atoms with Crippen LogP contribution in [0.4, 0.5) is 11.5 Å². The quantitative estimate of drug-likeness (QED) is 0.841. The van der Waals surface area contributed by atoms with Gasteiger partial charge in [0.25, 0.3) is 5.91 Å². The Balaban J connectivity index is 1.48. The first-order valence-corrected chi connectivity index (χ1v) is 9.31. The van der Waals surface area contributed by atoms with Crippen LogP contribution in [0.25, 0.3) is 0 Å². The minimum absolute atomic E-state index is 0.0297. The molecule has 2 fully saturated rings. The molecule has 5 nitrogen and oxygen atoms in total. The summed E-state index contributed by atoms with van der Waals surface area (Å²) in [4.78, 5) is 29.4. The topological polar surface area (TPSA) is 71.1 Å². The second-order valence-corrected chi connectivity index (χ2v) is 7.57.